The van der Waals surface area contributed by atoms with Crippen molar-refractivity contribution in [3.05, 3.63) is 206 Å². The van der Waals surface area contributed by atoms with E-state index in [2.05, 4.69) is 157 Å². The van der Waals surface area contributed by atoms with Crippen LogP contribution in [-0.2, 0) is 0 Å². The quantitative estimate of drug-likeness (QED) is 0.160. The van der Waals surface area contributed by atoms with Gasteiger partial charge in [-0.25, -0.2) is 15.0 Å². The van der Waals surface area contributed by atoms with Crippen LogP contribution >= 0.6 is 0 Å². The molecule has 0 aliphatic carbocycles. The van der Waals surface area contributed by atoms with Gasteiger partial charge in [0.25, 0.3) is 0 Å². The first kappa shape index (κ1) is 34.7. The molecule has 0 spiro atoms. The zero-order valence-electron chi connectivity index (χ0n) is 32.7. The summed E-state index contributed by atoms with van der Waals surface area (Å²) in [5.74, 6) is 1.69. The van der Waals surface area contributed by atoms with Crippen LogP contribution in [0, 0.1) is 0 Å². The smallest absolute Gasteiger partial charge is 0.164 e. The Kier molecular flexibility index (Phi) is 8.06. The van der Waals surface area contributed by atoms with Gasteiger partial charge in [-0.05, 0) is 76.5 Å². The first-order valence-corrected chi connectivity index (χ1v) is 20.3. The Morgan fingerprint density at radius 1 is 0.311 bits per heavy atom. The van der Waals surface area contributed by atoms with E-state index in [0.29, 0.717) is 17.5 Å². The maximum Gasteiger partial charge on any atom is 0.164 e. The van der Waals surface area contributed by atoms with Gasteiger partial charge in [-0.15, -0.1) is 0 Å². The summed E-state index contributed by atoms with van der Waals surface area (Å²) in [6.45, 7) is 0. The molecule has 0 N–H and O–H groups in total. The van der Waals surface area contributed by atoms with Crippen molar-refractivity contribution >= 4 is 71.7 Å². The molecule has 0 aliphatic heterocycles. The number of anilines is 3. The Balaban J connectivity index is 1.04. The number of rotatable bonds is 7. The Bertz CT molecular complexity index is 3590. The fourth-order valence-electron chi connectivity index (χ4n) is 8.63. The number of hydrogen-bond donors (Lipinski definition) is 0. The fraction of sp³-hybridized carbons (Fsp3) is 0. The van der Waals surface area contributed by atoms with E-state index in [1.54, 1.807) is 0 Å². The van der Waals surface area contributed by atoms with E-state index < -0.39 is 0 Å². The van der Waals surface area contributed by atoms with E-state index in [1.807, 2.05) is 54.6 Å². The molecule has 0 bridgehead atoms. The number of fused-ring (bicyclic) bond motifs is 7. The summed E-state index contributed by atoms with van der Waals surface area (Å²) in [7, 11) is 0. The molecule has 3 aromatic heterocycles. The third kappa shape index (κ3) is 6.00. The second-order valence-electron chi connectivity index (χ2n) is 15.2. The van der Waals surface area contributed by atoms with Gasteiger partial charge < -0.3 is 13.7 Å². The molecule has 0 amide bonds. The molecule has 0 unspecified atom stereocenters. The van der Waals surface area contributed by atoms with Crippen LogP contribution in [0.25, 0.3) is 99.9 Å². The molecule has 12 aromatic rings. The van der Waals surface area contributed by atoms with E-state index in [9.17, 15) is 0 Å². The van der Waals surface area contributed by atoms with Crippen LogP contribution < -0.4 is 4.90 Å². The number of aromatic nitrogens is 3. The van der Waals surface area contributed by atoms with Gasteiger partial charge in [0.15, 0.2) is 17.5 Å². The van der Waals surface area contributed by atoms with Gasteiger partial charge in [0, 0.05) is 61.4 Å². The van der Waals surface area contributed by atoms with Crippen LogP contribution in [0.4, 0.5) is 17.1 Å². The van der Waals surface area contributed by atoms with Gasteiger partial charge in [0.1, 0.15) is 22.3 Å². The first-order chi connectivity index (χ1) is 30.2. The molecular weight excluding hydrogens is 749 g/mol. The molecular formula is C55H34N4O2. The molecule has 12 rings (SSSR count). The minimum atomic E-state index is 0.552. The highest BCUT2D eigenvalue weighted by Crippen LogP contribution is 2.42. The van der Waals surface area contributed by atoms with Gasteiger partial charge in [0.2, 0.25) is 0 Å². The lowest BCUT2D eigenvalue weighted by Crippen LogP contribution is -2.09. The molecule has 6 heteroatoms. The minimum absolute atomic E-state index is 0.552. The number of nitrogens with zero attached hydrogens (tertiary/aromatic N) is 4. The zero-order valence-corrected chi connectivity index (χ0v) is 32.7. The fourth-order valence-corrected chi connectivity index (χ4v) is 8.63. The molecule has 0 fully saturated rings. The van der Waals surface area contributed by atoms with Gasteiger partial charge in [-0.2, -0.15) is 0 Å². The van der Waals surface area contributed by atoms with Crippen molar-refractivity contribution in [2.24, 2.45) is 0 Å². The van der Waals surface area contributed by atoms with Crippen LogP contribution in [0.2, 0.25) is 0 Å². The minimum Gasteiger partial charge on any atom is -0.456 e. The van der Waals surface area contributed by atoms with Crippen LogP contribution in [-0.4, -0.2) is 15.0 Å². The van der Waals surface area contributed by atoms with Crippen LogP contribution in [0.15, 0.2) is 215 Å². The number of hydrogen-bond acceptors (Lipinski definition) is 6. The Labute approximate surface area is 350 Å². The second kappa shape index (κ2) is 14.2. The second-order valence-corrected chi connectivity index (χ2v) is 15.2. The third-order valence-corrected chi connectivity index (χ3v) is 11.5. The summed E-state index contributed by atoms with van der Waals surface area (Å²) >= 11 is 0. The van der Waals surface area contributed by atoms with Crippen LogP contribution in [0.1, 0.15) is 0 Å². The summed E-state index contributed by atoms with van der Waals surface area (Å²) in [5.41, 5.74) is 11.1. The number of para-hydroxylation sites is 2. The molecule has 0 radical (unpaired) electrons. The maximum atomic E-state index is 6.72. The summed E-state index contributed by atoms with van der Waals surface area (Å²) in [6, 6.07) is 71.0. The normalized spacial score (nSPS) is 11.6. The lowest BCUT2D eigenvalue weighted by atomic mass is 10.0. The van der Waals surface area contributed by atoms with E-state index in [1.165, 1.54) is 10.8 Å². The topological polar surface area (TPSA) is 68.2 Å². The maximum absolute atomic E-state index is 6.72. The third-order valence-electron chi connectivity index (χ3n) is 11.5. The highest BCUT2D eigenvalue weighted by Gasteiger charge is 2.22. The summed E-state index contributed by atoms with van der Waals surface area (Å²) in [4.78, 5) is 18.0. The van der Waals surface area contributed by atoms with Crippen molar-refractivity contribution in [2.45, 2.75) is 0 Å². The first-order valence-electron chi connectivity index (χ1n) is 20.3. The van der Waals surface area contributed by atoms with Crippen LogP contribution in [0.5, 0.6) is 0 Å². The molecule has 0 aliphatic rings. The van der Waals surface area contributed by atoms with E-state index in [-0.39, 0.29) is 0 Å². The van der Waals surface area contributed by atoms with Gasteiger partial charge in [-0.1, -0.05) is 146 Å². The predicted molar refractivity (Wildman–Crippen MR) is 248 cm³/mol. The summed E-state index contributed by atoms with van der Waals surface area (Å²) in [5, 5.41) is 6.26. The Morgan fingerprint density at radius 2 is 0.836 bits per heavy atom. The highest BCUT2D eigenvalue weighted by molar-refractivity contribution is 6.14. The van der Waals surface area contributed by atoms with Gasteiger partial charge >= 0.3 is 0 Å². The van der Waals surface area contributed by atoms with Crippen molar-refractivity contribution in [1.29, 1.82) is 0 Å². The van der Waals surface area contributed by atoms with Gasteiger partial charge in [-0.3, -0.25) is 0 Å². The number of benzene rings is 9. The molecule has 286 valence electrons. The van der Waals surface area contributed by atoms with E-state index in [4.69, 9.17) is 23.8 Å². The van der Waals surface area contributed by atoms with Crippen molar-refractivity contribution in [2.75, 3.05) is 4.90 Å². The highest BCUT2D eigenvalue weighted by atomic mass is 16.3. The van der Waals surface area contributed by atoms with E-state index in [0.717, 1.165) is 88.8 Å². The Morgan fingerprint density at radius 3 is 1.57 bits per heavy atom. The molecule has 6 nitrogen and oxygen atoms in total. The Hall–Kier alpha value is -8.35. The molecule has 0 saturated carbocycles. The van der Waals surface area contributed by atoms with Gasteiger partial charge in [0.05, 0.1) is 0 Å². The SMILES string of the molecule is c1ccc(-c2ccc(-c3nc(-c4cccc5oc6ccccc6c45)nc(-c4cccc5oc6cc(N(c7ccccc7)c7ccc8ccccc8c7)ccc6c45)n3)cc2)cc1. The predicted octanol–water partition coefficient (Wildman–Crippen LogP) is 15.0. The van der Waals surface area contributed by atoms with Crippen molar-refractivity contribution in [3.63, 3.8) is 0 Å². The zero-order chi connectivity index (χ0) is 40.3. The monoisotopic (exact) mass is 782 g/mol. The van der Waals surface area contributed by atoms with Crippen molar-refractivity contribution in [3.8, 4) is 45.3 Å². The van der Waals surface area contributed by atoms with Crippen molar-refractivity contribution in [1.82, 2.24) is 15.0 Å². The molecule has 61 heavy (non-hydrogen) atoms. The lowest BCUT2D eigenvalue weighted by molar-refractivity contribution is 0.668. The summed E-state index contributed by atoms with van der Waals surface area (Å²) in [6.07, 6.45) is 0. The van der Waals surface area contributed by atoms with E-state index >= 15 is 0 Å². The lowest BCUT2D eigenvalue weighted by Gasteiger charge is -2.25. The standard InChI is InChI=1S/C55H34N4O2/c1-3-13-35(14-4-1)37-25-27-38(28-26-37)53-56-54(45-20-11-23-48-51(45)43-19-9-10-22-47(43)60-48)58-55(57-53)46-21-12-24-49-52(46)44-32-31-42(34-50(44)61-49)59(40-17-5-2-6-18-40)41-30-29-36-15-7-8-16-39(36)33-41/h1-34H. The molecule has 9 aromatic carbocycles. The van der Waals surface area contributed by atoms with Crippen molar-refractivity contribution < 1.29 is 8.83 Å². The molecule has 0 atom stereocenters. The summed E-state index contributed by atoms with van der Waals surface area (Å²) < 4.78 is 13.0. The molecule has 3 heterocycles. The van der Waals surface area contributed by atoms with Crippen LogP contribution in [0.3, 0.4) is 0 Å². The number of furan rings is 2. The largest absolute Gasteiger partial charge is 0.456 e. The average molecular weight is 783 g/mol. The molecule has 0 saturated heterocycles. The average Bonchev–Trinajstić information content (AvgIpc) is 3.91.